The smallest absolute Gasteiger partial charge is 0.309 e. The van der Waals surface area contributed by atoms with E-state index >= 15 is 0 Å². The summed E-state index contributed by atoms with van der Waals surface area (Å²) >= 11 is 0. The van der Waals surface area contributed by atoms with E-state index in [4.69, 9.17) is 19.2 Å². The van der Waals surface area contributed by atoms with Gasteiger partial charge in [-0.2, -0.15) is 0 Å². The molecule has 0 aromatic carbocycles. The highest BCUT2D eigenvalue weighted by Gasteiger charge is 2.00. The van der Waals surface area contributed by atoms with E-state index in [2.05, 4.69) is 77.8 Å². The molecule has 0 saturated carbocycles. The van der Waals surface area contributed by atoms with Gasteiger partial charge in [0.1, 0.15) is 0 Å². The van der Waals surface area contributed by atoms with Gasteiger partial charge in [0.25, 0.3) is 0 Å². The van der Waals surface area contributed by atoms with Crippen molar-refractivity contribution in [2.45, 2.75) is 194 Å². The van der Waals surface area contributed by atoms with Gasteiger partial charge < -0.3 is 29.4 Å². The summed E-state index contributed by atoms with van der Waals surface area (Å²) in [4.78, 5) is 28.4. The Bertz CT molecular complexity index is 504. The van der Waals surface area contributed by atoms with Gasteiger partial charge in [-0.25, -0.2) is 4.57 Å². The lowest BCUT2D eigenvalue weighted by Crippen LogP contribution is -2.12. The Morgan fingerprint density at radius 2 is 0.447 bits per heavy atom. The van der Waals surface area contributed by atoms with Crippen molar-refractivity contribution < 1.29 is 19.2 Å². The van der Waals surface area contributed by atoms with E-state index in [0.717, 1.165) is 0 Å². The predicted octanol–water partition coefficient (Wildman–Crippen LogP) is 11.3. The summed E-state index contributed by atoms with van der Waals surface area (Å²) in [5, 5.41) is 0. The predicted molar refractivity (Wildman–Crippen MR) is 212 cm³/mol. The first kappa shape index (κ1) is 53.8. The van der Waals surface area contributed by atoms with E-state index in [1.54, 1.807) is 0 Å². The molecule has 47 heavy (non-hydrogen) atoms. The van der Waals surface area contributed by atoms with Crippen molar-refractivity contribution in [3.8, 4) is 0 Å². The zero-order valence-electron chi connectivity index (χ0n) is 33.8. The van der Waals surface area contributed by atoms with Crippen LogP contribution >= 0.6 is 7.82 Å². The molecule has 290 valence electrons. The molecule has 0 atom stereocenters. The van der Waals surface area contributed by atoms with Crippen molar-refractivity contribution in [2.24, 2.45) is 0 Å². The van der Waals surface area contributed by atoms with Gasteiger partial charge in [-0.1, -0.05) is 175 Å². The minimum atomic E-state index is -4.64. The second kappa shape index (κ2) is 46.0. The van der Waals surface area contributed by atoms with E-state index in [0.29, 0.717) is 0 Å². The highest BCUT2D eigenvalue weighted by molar-refractivity contribution is 7.45. The summed E-state index contributed by atoms with van der Waals surface area (Å²) in [6.45, 7) is 10.6. The molecule has 0 heterocycles. The molecule has 7 nitrogen and oxygen atoms in total. The third-order valence-electron chi connectivity index (χ3n) is 8.13. The van der Waals surface area contributed by atoms with Crippen LogP contribution in [-0.4, -0.2) is 91.3 Å². The largest absolute Gasteiger partial charge is 0.466 e. The molecule has 0 aliphatic heterocycles. The van der Waals surface area contributed by atoms with Crippen molar-refractivity contribution in [1.29, 1.82) is 0 Å². The SMILES string of the molecule is CCCCCCCCCCCN(C)C.CCCCCCCCCCCN(C)C.CCCCCCCCCCCN(C)C.O=P(O)(O)O. The lowest BCUT2D eigenvalue weighted by Gasteiger charge is -2.08. The van der Waals surface area contributed by atoms with Crippen LogP contribution in [0, 0.1) is 0 Å². The van der Waals surface area contributed by atoms with Gasteiger partial charge in [-0.05, 0) is 81.2 Å². The average molecular weight is 696 g/mol. The Hall–Kier alpha value is -0.0100. The summed E-state index contributed by atoms with van der Waals surface area (Å²) in [5.74, 6) is 0. The van der Waals surface area contributed by atoms with Crippen LogP contribution in [0.3, 0.4) is 0 Å². The van der Waals surface area contributed by atoms with Crippen molar-refractivity contribution >= 4 is 7.82 Å². The molecule has 8 heteroatoms. The van der Waals surface area contributed by atoms with Crippen LogP contribution in [0.2, 0.25) is 0 Å². The van der Waals surface area contributed by atoms with E-state index in [-0.39, 0.29) is 0 Å². The standard InChI is InChI=1S/3C13H29N.H3O4P/c3*1-4-5-6-7-8-9-10-11-12-13-14(2)3;1-5(2,3)4/h3*4-13H2,1-3H3;(H3,1,2,3,4). The minimum Gasteiger partial charge on any atom is -0.309 e. The molecule has 0 aromatic heterocycles. The number of hydrogen-bond acceptors (Lipinski definition) is 4. The van der Waals surface area contributed by atoms with E-state index in [1.165, 1.54) is 193 Å². The molecule has 0 fully saturated rings. The summed E-state index contributed by atoms with van der Waals surface area (Å²) in [6.07, 6.45) is 38.6. The molecule has 0 rings (SSSR count). The summed E-state index contributed by atoms with van der Waals surface area (Å²) in [7, 11) is 8.31. The van der Waals surface area contributed by atoms with Crippen molar-refractivity contribution in [3.05, 3.63) is 0 Å². The van der Waals surface area contributed by atoms with Crippen LogP contribution in [0.25, 0.3) is 0 Å². The molecule has 3 N–H and O–H groups in total. The van der Waals surface area contributed by atoms with Gasteiger partial charge in [-0.15, -0.1) is 0 Å². The topological polar surface area (TPSA) is 87.5 Å². The molecule has 0 aliphatic carbocycles. The third-order valence-corrected chi connectivity index (χ3v) is 8.13. The Morgan fingerprint density at radius 1 is 0.319 bits per heavy atom. The molecular formula is C39H90N3O4P. The second-order valence-electron chi connectivity index (χ2n) is 14.4. The van der Waals surface area contributed by atoms with Crippen molar-refractivity contribution in [1.82, 2.24) is 14.7 Å². The molecule has 0 amide bonds. The first-order chi connectivity index (χ1) is 22.3. The maximum atomic E-state index is 8.88. The van der Waals surface area contributed by atoms with Gasteiger partial charge in [0.15, 0.2) is 0 Å². The summed E-state index contributed by atoms with van der Waals surface area (Å²) in [6, 6.07) is 0. The van der Waals surface area contributed by atoms with Crippen LogP contribution < -0.4 is 0 Å². The fraction of sp³-hybridized carbons (Fsp3) is 1.00. The van der Waals surface area contributed by atoms with E-state index < -0.39 is 7.82 Å². The Labute approximate surface area is 297 Å². The fourth-order valence-corrected chi connectivity index (χ4v) is 5.22. The molecule has 0 spiro atoms. The minimum absolute atomic E-state index is 1.26. The number of nitrogens with zero attached hydrogens (tertiary/aromatic N) is 3. The summed E-state index contributed by atoms with van der Waals surface area (Å²) < 4.78 is 8.88. The van der Waals surface area contributed by atoms with Gasteiger partial charge in [0.2, 0.25) is 0 Å². The third kappa shape index (κ3) is 81.8. The molecule has 0 bridgehead atoms. The summed E-state index contributed by atoms with van der Waals surface area (Å²) in [5.41, 5.74) is 0. The lowest BCUT2D eigenvalue weighted by atomic mass is 10.1. The maximum absolute atomic E-state index is 8.88. The van der Waals surface area contributed by atoms with Gasteiger partial charge >= 0.3 is 7.82 Å². The highest BCUT2D eigenvalue weighted by Crippen LogP contribution is 2.25. The molecule has 0 unspecified atom stereocenters. The Balaban J connectivity index is -0.000000275. The Kier molecular flexibility index (Phi) is 52.6. The normalized spacial score (nSPS) is 11.2. The first-order valence-corrected chi connectivity index (χ1v) is 21.6. The first-order valence-electron chi connectivity index (χ1n) is 20.0. The van der Waals surface area contributed by atoms with Crippen LogP contribution in [-0.2, 0) is 4.57 Å². The fourth-order valence-electron chi connectivity index (χ4n) is 5.22. The molecule has 0 radical (unpaired) electrons. The molecule has 0 saturated heterocycles. The van der Waals surface area contributed by atoms with Gasteiger partial charge in [-0.3, -0.25) is 0 Å². The number of unbranched alkanes of at least 4 members (excludes halogenated alkanes) is 24. The van der Waals surface area contributed by atoms with Crippen LogP contribution in [0.1, 0.15) is 194 Å². The zero-order valence-corrected chi connectivity index (χ0v) is 34.6. The quantitative estimate of drug-likeness (QED) is 0.0509. The number of hydrogen-bond donors (Lipinski definition) is 3. The van der Waals surface area contributed by atoms with Crippen LogP contribution in [0.5, 0.6) is 0 Å². The van der Waals surface area contributed by atoms with E-state index in [9.17, 15) is 0 Å². The number of phosphoric acid groups is 1. The van der Waals surface area contributed by atoms with Crippen molar-refractivity contribution in [2.75, 3.05) is 61.9 Å². The average Bonchev–Trinajstić information content (AvgIpc) is 2.98. The Morgan fingerprint density at radius 3 is 0.574 bits per heavy atom. The van der Waals surface area contributed by atoms with Gasteiger partial charge in [0.05, 0.1) is 0 Å². The monoisotopic (exact) mass is 696 g/mol. The molecule has 0 aromatic rings. The van der Waals surface area contributed by atoms with Crippen molar-refractivity contribution in [3.63, 3.8) is 0 Å². The molecule has 0 aliphatic rings. The second-order valence-corrected chi connectivity index (χ2v) is 15.4. The number of rotatable bonds is 30. The lowest BCUT2D eigenvalue weighted by molar-refractivity contribution is 0.275. The molecular weight excluding hydrogens is 605 g/mol. The zero-order chi connectivity index (χ0) is 36.4. The van der Waals surface area contributed by atoms with Gasteiger partial charge in [0, 0.05) is 0 Å². The maximum Gasteiger partial charge on any atom is 0.466 e. The highest BCUT2D eigenvalue weighted by atomic mass is 31.2. The van der Waals surface area contributed by atoms with Crippen LogP contribution in [0.4, 0.5) is 0 Å². The van der Waals surface area contributed by atoms with E-state index in [1.807, 2.05) is 0 Å². The van der Waals surface area contributed by atoms with Crippen LogP contribution in [0.15, 0.2) is 0 Å².